The fraction of sp³-hybridized carbons (Fsp3) is 0.769. The molecule has 0 spiro atoms. The van der Waals surface area contributed by atoms with Crippen molar-refractivity contribution in [3.8, 4) is 0 Å². The van der Waals surface area contributed by atoms with Crippen LogP contribution in [0.25, 0.3) is 0 Å². The van der Waals surface area contributed by atoms with Gasteiger partial charge in [-0.05, 0) is 24.7 Å². The maximum absolute atomic E-state index is 12.4. The van der Waals surface area contributed by atoms with Crippen LogP contribution in [0.15, 0.2) is 17.3 Å². The van der Waals surface area contributed by atoms with Crippen LogP contribution in [-0.4, -0.2) is 30.8 Å². The van der Waals surface area contributed by atoms with Gasteiger partial charge in [0, 0.05) is 18.8 Å². The number of rotatable bonds is 6. The molecule has 0 amide bonds. The van der Waals surface area contributed by atoms with Gasteiger partial charge in [-0.1, -0.05) is 20.3 Å². The van der Waals surface area contributed by atoms with Crippen molar-refractivity contribution in [2.45, 2.75) is 50.6 Å². The average Bonchev–Trinajstić information content (AvgIpc) is 2.99. The monoisotopic (exact) mass is 300 g/mol. The minimum absolute atomic E-state index is 0.0304. The molecular formula is C13H24N4O2S. The van der Waals surface area contributed by atoms with E-state index in [0.717, 1.165) is 19.3 Å². The standard InChI is InChI=1S/C13H24N4O2S/c1-3-11-4-5-13(10(11)2)16-20(18,19)12-8-15-17(9-12)7-6-14/h8-11,13,16H,3-7,14H2,1-2H3. The maximum atomic E-state index is 12.4. The van der Waals surface area contributed by atoms with Gasteiger partial charge in [-0.2, -0.15) is 5.10 Å². The zero-order chi connectivity index (χ0) is 14.8. The van der Waals surface area contributed by atoms with Gasteiger partial charge in [0.2, 0.25) is 10.0 Å². The molecule has 6 nitrogen and oxygen atoms in total. The molecule has 1 aliphatic carbocycles. The molecule has 1 heterocycles. The van der Waals surface area contributed by atoms with Crippen molar-refractivity contribution in [1.82, 2.24) is 14.5 Å². The number of hydrogen-bond acceptors (Lipinski definition) is 4. The minimum atomic E-state index is -3.48. The van der Waals surface area contributed by atoms with Crippen LogP contribution in [0.3, 0.4) is 0 Å². The molecule has 1 fully saturated rings. The van der Waals surface area contributed by atoms with Crippen LogP contribution in [0, 0.1) is 11.8 Å². The highest BCUT2D eigenvalue weighted by Gasteiger charge is 2.34. The number of nitrogens with two attached hydrogens (primary N) is 1. The Morgan fingerprint density at radius 1 is 1.50 bits per heavy atom. The third kappa shape index (κ3) is 3.21. The zero-order valence-corrected chi connectivity index (χ0v) is 12.9. The molecule has 0 radical (unpaired) electrons. The van der Waals surface area contributed by atoms with Crippen LogP contribution in [0.2, 0.25) is 0 Å². The summed E-state index contributed by atoms with van der Waals surface area (Å²) in [7, 11) is -3.48. The lowest BCUT2D eigenvalue weighted by Gasteiger charge is -2.20. The van der Waals surface area contributed by atoms with Gasteiger partial charge in [0.15, 0.2) is 0 Å². The quantitative estimate of drug-likeness (QED) is 0.818. The van der Waals surface area contributed by atoms with Crippen molar-refractivity contribution >= 4 is 10.0 Å². The van der Waals surface area contributed by atoms with Crippen LogP contribution in [0.4, 0.5) is 0 Å². The van der Waals surface area contributed by atoms with Gasteiger partial charge < -0.3 is 5.73 Å². The first-order valence-electron chi connectivity index (χ1n) is 7.22. The van der Waals surface area contributed by atoms with E-state index in [1.165, 1.54) is 12.4 Å². The summed E-state index contributed by atoms with van der Waals surface area (Å²) < 4.78 is 29.1. The Labute approximate surface area is 120 Å². The average molecular weight is 300 g/mol. The van der Waals surface area contributed by atoms with E-state index in [0.29, 0.717) is 24.9 Å². The third-order valence-corrected chi connectivity index (χ3v) is 5.78. The van der Waals surface area contributed by atoms with E-state index in [9.17, 15) is 8.42 Å². The van der Waals surface area contributed by atoms with Crippen molar-refractivity contribution in [2.75, 3.05) is 6.54 Å². The molecule has 7 heteroatoms. The number of nitrogens with zero attached hydrogens (tertiary/aromatic N) is 2. The minimum Gasteiger partial charge on any atom is -0.329 e. The van der Waals surface area contributed by atoms with Gasteiger partial charge in [-0.25, -0.2) is 13.1 Å². The molecule has 114 valence electrons. The lowest BCUT2D eigenvalue weighted by atomic mass is 9.94. The first kappa shape index (κ1) is 15.5. The van der Waals surface area contributed by atoms with Gasteiger partial charge in [-0.3, -0.25) is 4.68 Å². The SMILES string of the molecule is CCC1CCC(NS(=O)(=O)c2cnn(CCN)c2)C1C. The summed E-state index contributed by atoms with van der Waals surface area (Å²) in [5, 5.41) is 4.01. The van der Waals surface area contributed by atoms with Crippen LogP contribution in [0.5, 0.6) is 0 Å². The van der Waals surface area contributed by atoms with E-state index >= 15 is 0 Å². The molecule has 1 saturated carbocycles. The molecule has 2 rings (SSSR count). The van der Waals surface area contributed by atoms with Crippen LogP contribution in [0.1, 0.15) is 33.1 Å². The fourth-order valence-corrected chi connectivity index (χ4v) is 4.31. The predicted octanol–water partition coefficient (Wildman–Crippen LogP) is 0.945. The highest BCUT2D eigenvalue weighted by molar-refractivity contribution is 7.89. The Hall–Kier alpha value is -0.920. The van der Waals surface area contributed by atoms with E-state index in [1.807, 2.05) is 0 Å². The molecular weight excluding hydrogens is 276 g/mol. The molecule has 0 aromatic carbocycles. The summed E-state index contributed by atoms with van der Waals surface area (Å²) in [4.78, 5) is 0.220. The van der Waals surface area contributed by atoms with E-state index in [2.05, 4.69) is 23.7 Å². The number of nitrogens with one attached hydrogen (secondary N) is 1. The molecule has 0 saturated heterocycles. The molecule has 1 aromatic heterocycles. The maximum Gasteiger partial charge on any atom is 0.243 e. The fourth-order valence-electron chi connectivity index (χ4n) is 3.00. The largest absolute Gasteiger partial charge is 0.329 e. The third-order valence-electron chi connectivity index (χ3n) is 4.34. The molecule has 1 aliphatic rings. The Morgan fingerprint density at radius 3 is 2.85 bits per heavy atom. The van der Waals surface area contributed by atoms with Crippen molar-refractivity contribution in [3.63, 3.8) is 0 Å². The summed E-state index contributed by atoms with van der Waals surface area (Å²) in [5.41, 5.74) is 5.43. The Bertz CT molecular complexity index is 540. The van der Waals surface area contributed by atoms with E-state index < -0.39 is 10.0 Å². The molecule has 3 atom stereocenters. The second-order valence-electron chi connectivity index (χ2n) is 5.56. The summed E-state index contributed by atoms with van der Waals surface area (Å²) in [6.07, 6.45) is 6.03. The van der Waals surface area contributed by atoms with Crippen LogP contribution in [-0.2, 0) is 16.6 Å². The summed E-state index contributed by atoms with van der Waals surface area (Å²) in [5.74, 6) is 0.997. The zero-order valence-electron chi connectivity index (χ0n) is 12.1. The van der Waals surface area contributed by atoms with Crippen molar-refractivity contribution in [3.05, 3.63) is 12.4 Å². The molecule has 20 heavy (non-hydrogen) atoms. The molecule has 0 aliphatic heterocycles. The molecule has 0 bridgehead atoms. The first-order chi connectivity index (χ1) is 9.47. The molecule has 3 unspecified atom stereocenters. The van der Waals surface area contributed by atoms with Gasteiger partial charge in [0.05, 0.1) is 12.7 Å². The van der Waals surface area contributed by atoms with Crippen LogP contribution >= 0.6 is 0 Å². The Kier molecular flexibility index (Phi) is 4.82. The summed E-state index contributed by atoms with van der Waals surface area (Å²) in [6, 6.07) is 0.0304. The molecule has 3 N–H and O–H groups in total. The number of sulfonamides is 1. The van der Waals surface area contributed by atoms with E-state index in [4.69, 9.17) is 5.73 Å². The normalized spacial score (nSPS) is 27.1. The number of aromatic nitrogens is 2. The van der Waals surface area contributed by atoms with Gasteiger partial charge in [0.1, 0.15) is 4.90 Å². The number of hydrogen-bond donors (Lipinski definition) is 2. The van der Waals surface area contributed by atoms with E-state index in [-0.39, 0.29) is 10.9 Å². The van der Waals surface area contributed by atoms with Gasteiger partial charge in [0.25, 0.3) is 0 Å². The van der Waals surface area contributed by atoms with Crippen molar-refractivity contribution in [1.29, 1.82) is 0 Å². The van der Waals surface area contributed by atoms with Crippen LogP contribution < -0.4 is 10.5 Å². The lowest BCUT2D eigenvalue weighted by molar-refractivity contribution is 0.368. The predicted molar refractivity (Wildman–Crippen MR) is 77.6 cm³/mol. The Balaban J connectivity index is 2.07. The van der Waals surface area contributed by atoms with Crippen molar-refractivity contribution < 1.29 is 8.42 Å². The highest BCUT2D eigenvalue weighted by Crippen LogP contribution is 2.34. The second kappa shape index (κ2) is 6.24. The summed E-state index contributed by atoms with van der Waals surface area (Å²) >= 11 is 0. The molecule has 1 aromatic rings. The van der Waals surface area contributed by atoms with Gasteiger partial charge in [-0.15, -0.1) is 0 Å². The Morgan fingerprint density at radius 2 is 2.25 bits per heavy atom. The topological polar surface area (TPSA) is 90.0 Å². The van der Waals surface area contributed by atoms with E-state index in [1.54, 1.807) is 4.68 Å². The highest BCUT2D eigenvalue weighted by atomic mass is 32.2. The summed E-state index contributed by atoms with van der Waals surface area (Å²) in [6.45, 7) is 5.25. The van der Waals surface area contributed by atoms with Gasteiger partial charge >= 0.3 is 0 Å². The lowest BCUT2D eigenvalue weighted by Crippen LogP contribution is -2.37. The first-order valence-corrected chi connectivity index (χ1v) is 8.71. The second-order valence-corrected chi connectivity index (χ2v) is 7.27. The smallest absolute Gasteiger partial charge is 0.243 e. The van der Waals surface area contributed by atoms with Crippen molar-refractivity contribution in [2.24, 2.45) is 17.6 Å².